The molecule has 2 fully saturated rings. The number of carboxylic acid groups (broad SMARTS) is 1. The second-order valence-corrected chi connectivity index (χ2v) is 8.25. The van der Waals surface area contributed by atoms with Gasteiger partial charge in [0, 0.05) is 24.8 Å². The van der Waals surface area contributed by atoms with Crippen molar-refractivity contribution in [2.24, 2.45) is 0 Å². The summed E-state index contributed by atoms with van der Waals surface area (Å²) in [6.07, 6.45) is 7.51. The summed E-state index contributed by atoms with van der Waals surface area (Å²) < 4.78 is 0. The molecule has 1 saturated carbocycles. The molecular formula is C22H33N3O3. The normalized spacial score (nSPS) is 22.8. The first kappa shape index (κ1) is 20.6. The molecule has 0 spiro atoms. The number of nitrogens with zero attached hydrogens (tertiary/aromatic N) is 2. The van der Waals surface area contributed by atoms with Crippen molar-refractivity contribution < 1.29 is 14.7 Å². The fraction of sp³-hybridized carbons (Fsp3) is 0.636. The maximum atomic E-state index is 13.1. The lowest BCUT2D eigenvalue weighted by Crippen LogP contribution is -2.53. The van der Waals surface area contributed by atoms with Gasteiger partial charge in [0.15, 0.2) is 0 Å². The van der Waals surface area contributed by atoms with E-state index in [9.17, 15) is 9.59 Å². The molecule has 3 rings (SSSR count). The Morgan fingerprint density at radius 3 is 2.61 bits per heavy atom. The van der Waals surface area contributed by atoms with Gasteiger partial charge in [-0.25, -0.2) is 0 Å². The lowest BCUT2D eigenvalue weighted by atomic mass is 9.88. The van der Waals surface area contributed by atoms with E-state index in [1.807, 2.05) is 37.1 Å². The van der Waals surface area contributed by atoms with E-state index in [0.717, 1.165) is 36.3 Å². The number of benzene rings is 1. The van der Waals surface area contributed by atoms with Gasteiger partial charge in [0.1, 0.15) is 6.54 Å². The Kier molecular flexibility index (Phi) is 6.94. The summed E-state index contributed by atoms with van der Waals surface area (Å²) >= 11 is 0. The third kappa shape index (κ3) is 5.04. The molecule has 28 heavy (non-hydrogen) atoms. The molecule has 6 heteroatoms. The highest BCUT2D eigenvalue weighted by atomic mass is 16.4. The first-order valence-corrected chi connectivity index (χ1v) is 10.5. The van der Waals surface area contributed by atoms with E-state index in [1.54, 1.807) is 0 Å². The summed E-state index contributed by atoms with van der Waals surface area (Å²) in [5.41, 5.74) is 2.64. The van der Waals surface area contributed by atoms with Crippen LogP contribution in [0.3, 0.4) is 0 Å². The molecule has 0 radical (unpaired) electrons. The molecule has 0 bridgehead atoms. The molecule has 1 amide bonds. The van der Waals surface area contributed by atoms with Crippen LogP contribution >= 0.6 is 0 Å². The second-order valence-electron chi connectivity index (χ2n) is 8.25. The van der Waals surface area contributed by atoms with Gasteiger partial charge < -0.3 is 15.3 Å². The van der Waals surface area contributed by atoms with Crippen LogP contribution in [0.4, 0.5) is 5.69 Å². The number of nitrogens with one attached hydrogen (secondary N) is 1. The quantitative estimate of drug-likeness (QED) is 0.753. The van der Waals surface area contributed by atoms with Crippen molar-refractivity contribution in [3.05, 3.63) is 29.3 Å². The lowest BCUT2D eigenvalue weighted by molar-refractivity contribution is -0.135. The fourth-order valence-corrected chi connectivity index (χ4v) is 4.70. The zero-order chi connectivity index (χ0) is 20.1. The Morgan fingerprint density at radius 1 is 1.18 bits per heavy atom. The number of rotatable bonds is 7. The van der Waals surface area contributed by atoms with E-state index in [0.29, 0.717) is 12.5 Å². The summed E-state index contributed by atoms with van der Waals surface area (Å²) in [4.78, 5) is 28.6. The highest BCUT2D eigenvalue weighted by molar-refractivity contribution is 5.81. The molecule has 1 aromatic rings. The molecule has 1 aliphatic heterocycles. The van der Waals surface area contributed by atoms with Crippen LogP contribution in [0.2, 0.25) is 0 Å². The Labute approximate surface area is 167 Å². The number of carbonyl (C=O) groups excluding carboxylic acids is 1. The van der Waals surface area contributed by atoms with Gasteiger partial charge in [0.2, 0.25) is 5.91 Å². The molecule has 2 atom stereocenters. The minimum atomic E-state index is -0.911. The minimum Gasteiger partial charge on any atom is -0.480 e. The van der Waals surface area contributed by atoms with Crippen LogP contribution < -0.4 is 5.32 Å². The first-order chi connectivity index (χ1) is 13.5. The van der Waals surface area contributed by atoms with Crippen LogP contribution in [0.25, 0.3) is 0 Å². The topological polar surface area (TPSA) is 72.9 Å². The third-order valence-electron chi connectivity index (χ3n) is 6.23. The van der Waals surface area contributed by atoms with E-state index in [4.69, 9.17) is 5.11 Å². The van der Waals surface area contributed by atoms with Crippen LogP contribution in [-0.2, 0) is 16.0 Å². The summed E-state index contributed by atoms with van der Waals surface area (Å²) in [5.74, 6) is -0.801. The summed E-state index contributed by atoms with van der Waals surface area (Å²) in [6.45, 7) is 4.13. The third-order valence-corrected chi connectivity index (χ3v) is 6.23. The number of hydrogen-bond acceptors (Lipinski definition) is 4. The van der Waals surface area contributed by atoms with Crippen LogP contribution in [0.15, 0.2) is 18.2 Å². The van der Waals surface area contributed by atoms with Crippen LogP contribution in [0.1, 0.15) is 49.7 Å². The van der Waals surface area contributed by atoms with Crippen LogP contribution in [-0.4, -0.2) is 65.5 Å². The highest BCUT2D eigenvalue weighted by Gasteiger charge is 2.35. The van der Waals surface area contributed by atoms with Gasteiger partial charge in [0.25, 0.3) is 0 Å². The van der Waals surface area contributed by atoms with Crippen molar-refractivity contribution in [2.45, 2.75) is 64.0 Å². The summed E-state index contributed by atoms with van der Waals surface area (Å²) in [6, 6.07) is 6.58. The van der Waals surface area contributed by atoms with Gasteiger partial charge >= 0.3 is 5.97 Å². The highest BCUT2D eigenvalue weighted by Crippen LogP contribution is 2.29. The van der Waals surface area contributed by atoms with Crippen LogP contribution in [0, 0.1) is 6.92 Å². The minimum absolute atomic E-state index is 0.110. The molecule has 1 saturated heterocycles. The summed E-state index contributed by atoms with van der Waals surface area (Å²) in [7, 11) is 1.94. The maximum Gasteiger partial charge on any atom is 0.322 e. The molecule has 6 nitrogen and oxygen atoms in total. The van der Waals surface area contributed by atoms with Crippen LogP contribution in [0.5, 0.6) is 0 Å². The zero-order valence-electron chi connectivity index (χ0n) is 17.1. The molecular weight excluding hydrogens is 354 g/mol. The largest absolute Gasteiger partial charge is 0.480 e. The number of aryl methyl sites for hydroxylation is 1. The predicted molar refractivity (Wildman–Crippen MR) is 111 cm³/mol. The Bertz CT molecular complexity index is 700. The number of amides is 1. The molecule has 1 aliphatic carbocycles. The van der Waals surface area contributed by atoms with E-state index >= 15 is 0 Å². The van der Waals surface area contributed by atoms with Crippen molar-refractivity contribution in [3.63, 3.8) is 0 Å². The number of anilines is 1. The number of likely N-dealkylation sites (N-methyl/N-ethyl adjacent to an activating group) is 1. The van der Waals surface area contributed by atoms with Gasteiger partial charge in [-0.15, -0.1) is 0 Å². The van der Waals surface area contributed by atoms with E-state index in [1.165, 1.54) is 32.1 Å². The van der Waals surface area contributed by atoms with Crippen molar-refractivity contribution in [1.82, 2.24) is 9.80 Å². The predicted octanol–water partition coefficient (Wildman–Crippen LogP) is 2.90. The van der Waals surface area contributed by atoms with Crippen molar-refractivity contribution >= 4 is 17.6 Å². The standard InChI is InChI=1S/C22H33N3O3/c1-16-9-10-17(18(13-16)23-15-22(27)28)14-21(26)24(2)19-7-3-4-8-20(19)25-11-5-6-12-25/h9-10,13,19-20,23H,3-8,11-12,14-15H2,1-2H3,(H,27,28). The van der Waals surface area contributed by atoms with Crippen molar-refractivity contribution in [3.8, 4) is 0 Å². The van der Waals surface area contributed by atoms with Gasteiger partial charge in [-0.3, -0.25) is 14.5 Å². The van der Waals surface area contributed by atoms with E-state index in [-0.39, 0.29) is 18.5 Å². The van der Waals surface area contributed by atoms with Crippen molar-refractivity contribution in [2.75, 3.05) is 32.0 Å². The van der Waals surface area contributed by atoms with E-state index < -0.39 is 5.97 Å². The second kappa shape index (κ2) is 9.41. The molecule has 1 aromatic carbocycles. The first-order valence-electron chi connectivity index (χ1n) is 10.5. The van der Waals surface area contributed by atoms with Gasteiger partial charge in [-0.2, -0.15) is 0 Å². The monoisotopic (exact) mass is 387 g/mol. The number of hydrogen-bond donors (Lipinski definition) is 2. The summed E-state index contributed by atoms with van der Waals surface area (Å²) in [5, 5.41) is 11.9. The molecule has 2 unspecified atom stereocenters. The molecule has 1 heterocycles. The number of likely N-dealkylation sites (tertiary alicyclic amines) is 1. The van der Waals surface area contributed by atoms with Gasteiger partial charge in [-0.05, 0) is 62.9 Å². The number of carbonyl (C=O) groups is 2. The van der Waals surface area contributed by atoms with Crippen molar-refractivity contribution in [1.29, 1.82) is 0 Å². The zero-order valence-corrected chi connectivity index (χ0v) is 17.1. The SMILES string of the molecule is Cc1ccc(CC(=O)N(C)C2CCCCC2N2CCCC2)c(NCC(=O)O)c1. The average molecular weight is 388 g/mol. The molecule has 0 aromatic heterocycles. The Balaban J connectivity index is 1.70. The Morgan fingerprint density at radius 2 is 1.89 bits per heavy atom. The molecule has 2 aliphatic rings. The number of carboxylic acids is 1. The van der Waals surface area contributed by atoms with Gasteiger partial charge in [0.05, 0.1) is 6.42 Å². The van der Waals surface area contributed by atoms with Gasteiger partial charge in [-0.1, -0.05) is 25.0 Å². The Hall–Kier alpha value is -2.08. The number of aliphatic carboxylic acids is 1. The smallest absolute Gasteiger partial charge is 0.322 e. The fourth-order valence-electron chi connectivity index (χ4n) is 4.70. The van der Waals surface area contributed by atoms with E-state index in [2.05, 4.69) is 10.2 Å². The molecule has 2 N–H and O–H groups in total. The lowest BCUT2D eigenvalue weighted by Gasteiger charge is -2.42. The average Bonchev–Trinajstić information content (AvgIpc) is 3.22. The maximum absolute atomic E-state index is 13.1. The molecule has 154 valence electrons.